The number of rotatable bonds is 10. The molecule has 5 aromatic rings. The van der Waals surface area contributed by atoms with Crippen molar-refractivity contribution in [1.82, 2.24) is 49.9 Å². The second-order valence-corrected chi connectivity index (χ2v) is 16.6. The van der Waals surface area contributed by atoms with Crippen molar-refractivity contribution >= 4 is 75.5 Å². The quantitative estimate of drug-likeness (QED) is 0.0719. The summed E-state index contributed by atoms with van der Waals surface area (Å²) < 4.78 is 37.3. The third kappa shape index (κ3) is 10.0. The normalized spacial score (nSPS) is 23.4. The molecule has 7 rings (SSSR count). The second kappa shape index (κ2) is 20.5. The first-order valence-corrected chi connectivity index (χ1v) is 20.0. The van der Waals surface area contributed by atoms with Crippen molar-refractivity contribution in [2.24, 2.45) is 11.8 Å². The largest absolute Gasteiger partial charge is 1.00 e. The van der Waals surface area contributed by atoms with Crippen molar-refractivity contribution in [3.05, 3.63) is 56.6 Å². The maximum Gasteiger partial charge on any atom is 1.00 e. The van der Waals surface area contributed by atoms with Crippen LogP contribution in [0.25, 0.3) is 22.3 Å². The Labute approximate surface area is 369 Å². The number of nitrogens with one attached hydrogen (secondary N) is 4. The fraction of sp³-hybridized carbons (Fsp3) is 0.500. The van der Waals surface area contributed by atoms with Gasteiger partial charge in [-0.15, -0.1) is 33.7 Å². The van der Waals surface area contributed by atoms with Crippen LogP contribution in [0.15, 0.2) is 39.9 Å². The van der Waals surface area contributed by atoms with Crippen molar-refractivity contribution < 1.29 is 73.1 Å². The maximum absolute atomic E-state index is 15.3. The molecule has 7 N–H and O–H groups in total. The molecule has 21 nitrogen and oxygen atoms in total. The summed E-state index contributed by atoms with van der Waals surface area (Å²) in [6.45, 7) is 8.15. The molecule has 60 heavy (non-hydrogen) atoms. The number of hydrogen-bond donors (Lipinski definition) is 6. The molecule has 2 aliphatic heterocycles. The molecule has 2 saturated heterocycles. The minimum absolute atomic E-state index is 0. The van der Waals surface area contributed by atoms with Crippen LogP contribution in [0.2, 0.25) is 0 Å². The first-order valence-electron chi connectivity index (χ1n) is 18.1. The van der Waals surface area contributed by atoms with Crippen LogP contribution >= 0.6 is 23.5 Å². The van der Waals surface area contributed by atoms with Gasteiger partial charge in [0, 0.05) is 17.1 Å². The molecule has 26 heteroatoms. The van der Waals surface area contributed by atoms with E-state index >= 15 is 4.39 Å². The number of thioether (sulfide) groups is 2. The molecule has 318 valence electrons. The predicted molar refractivity (Wildman–Crippen MR) is 210 cm³/mol. The summed E-state index contributed by atoms with van der Waals surface area (Å²) in [6, 6.07) is 8.30. The van der Waals surface area contributed by atoms with Gasteiger partial charge >= 0.3 is 35.5 Å². The third-order valence-electron chi connectivity index (χ3n) is 9.07. The topological polar surface area (TPSA) is 308 Å². The van der Waals surface area contributed by atoms with Crippen LogP contribution in [0.4, 0.5) is 20.7 Å². The van der Waals surface area contributed by atoms with Gasteiger partial charge in [-0.2, -0.15) is 9.97 Å². The van der Waals surface area contributed by atoms with Gasteiger partial charge in [-0.05, 0) is 18.6 Å². The minimum Gasteiger partial charge on any atom is -0.870 e. The monoisotopic (exact) mass is 886 g/mol. The fourth-order valence-electron chi connectivity index (χ4n) is 5.83. The van der Waals surface area contributed by atoms with E-state index in [1.165, 1.54) is 16.4 Å². The van der Waals surface area contributed by atoms with Gasteiger partial charge in [-0.1, -0.05) is 63.2 Å². The van der Waals surface area contributed by atoms with E-state index in [0.717, 1.165) is 16.4 Å². The standard InChI is InChI=1S/C21H23FN6O4S.C13H17FN6O4S.Na.H2O/c1-4-12-13(22)15(32-20(31)11-8-6-5-7-9-11)19(33-12)28-16-14(26-27-28)18(30)25-21(23-16)24-17(29)10(2)3;1-4(2)10(23)16-13-15-9-7(11(24)17-13)18-19-20(9)12-8(22)6(14)5(3-21)25-12;;/h5-10,12-13,15,19H,4H2,1-3H3,(H2,23,24,25,29,30);4-6,8,12,21-22H,3H2,1-2H3,(H2,15,16,17,23,24);;1H2/q;;+1;/p-1/t12-,13?,15+,19-;5-,6?,8+,12-;;/m11../s1. The summed E-state index contributed by atoms with van der Waals surface area (Å²) >= 11 is 2.21. The van der Waals surface area contributed by atoms with Crippen LogP contribution < -0.4 is 51.3 Å². The molecular weight excluding hydrogens is 846 g/mol. The van der Waals surface area contributed by atoms with E-state index in [0.29, 0.717) is 12.0 Å². The average molecular weight is 887 g/mol. The third-order valence-corrected chi connectivity index (χ3v) is 12.3. The molecule has 2 unspecified atom stereocenters. The zero-order valence-electron chi connectivity index (χ0n) is 33.0. The number of amides is 2. The van der Waals surface area contributed by atoms with E-state index < -0.39 is 69.5 Å². The van der Waals surface area contributed by atoms with E-state index in [4.69, 9.17) is 4.74 Å². The number of aromatic amines is 2. The smallest absolute Gasteiger partial charge is 0.870 e. The molecule has 6 heterocycles. The number of esters is 1. The molecule has 0 aliphatic carbocycles. The maximum atomic E-state index is 15.3. The van der Waals surface area contributed by atoms with Gasteiger partial charge in [0.15, 0.2) is 34.6 Å². The van der Waals surface area contributed by atoms with Crippen LogP contribution in [0.3, 0.4) is 0 Å². The van der Waals surface area contributed by atoms with Crippen molar-refractivity contribution in [2.75, 3.05) is 17.2 Å². The number of ether oxygens (including phenoxy) is 1. The number of hydrogen-bond acceptors (Lipinski definition) is 17. The van der Waals surface area contributed by atoms with Gasteiger partial charge in [0.25, 0.3) is 11.1 Å². The Hall–Kier alpha value is -4.37. The molecule has 1 aromatic carbocycles. The molecule has 2 aliphatic rings. The summed E-state index contributed by atoms with van der Waals surface area (Å²) in [5, 5.41) is 36.7. The Balaban J connectivity index is 0.000000265. The number of H-pyrrole nitrogens is 2. The molecule has 0 radical (unpaired) electrons. The number of aliphatic hydroxyl groups excluding tert-OH is 2. The summed E-state index contributed by atoms with van der Waals surface area (Å²) in [6.07, 6.45) is -5.23. The van der Waals surface area contributed by atoms with Gasteiger partial charge < -0.3 is 20.4 Å². The molecule has 2 fully saturated rings. The van der Waals surface area contributed by atoms with Gasteiger partial charge in [-0.25, -0.2) is 22.9 Å². The molecular formula is C34H41F2N12NaO9S2. The Morgan fingerprint density at radius 1 is 0.833 bits per heavy atom. The minimum atomic E-state index is -1.65. The van der Waals surface area contributed by atoms with Crippen LogP contribution in [0.5, 0.6) is 0 Å². The molecule has 0 saturated carbocycles. The molecule has 0 bridgehead atoms. The number of alkyl halides is 2. The first kappa shape index (κ1) is 48.3. The van der Waals surface area contributed by atoms with Crippen LogP contribution in [0, 0.1) is 11.8 Å². The summed E-state index contributed by atoms with van der Waals surface area (Å²) in [4.78, 5) is 74.3. The molecule has 4 aromatic heterocycles. The Kier molecular flexibility index (Phi) is 16.5. The van der Waals surface area contributed by atoms with Crippen LogP contribution in [-0.2, 0) is 14.3 Å². The molecule has 8 atom stereocenters. The van der Waals surface area contributed by atoms with Gasteiger partial charge in [0.05, 0.1) is 17.4 Å². The Bertz CT molecular complexity index is 2420. The number of halogens is 2. The average Bonchev–Trinajstić information content (AvgIpc) is 3.96. The van der Waals surface area contributed by atoms with E-state index in [9.17, 15) is 38.6 Å². The number of anilines is 2. The van der Waals surface area contributed by atoms with Crippen LogP contribution in [-0.4, -0.2) is 125 Å². The van der Waals surface area contributed by atoms with Crippen molar-refractivity contribution in [1.29, 1.82) is 0 Å². The molecule has 2 amide bonds. The number of fused-ring (bicyclic) bond motifs is 2. The molecule has 0 spiro atoms. The summed E-state index contributed by atoms with van der Waals surface area (Å²) in [5.41, 5.74) is -1.03. The number of aliphatic hydroxyl groups is 2. The van der Waals surface area contributed by atoms with E-state index in [-0.39, 0.29) is 92.9 Å². The number of nitrogens with zero attached hydrogens (tertiary/aromatic N) is 8. The zero-order valence-corrected chi connectivity index (χ0v) is 36.6. The predicted octanol–water partition coefficient (Wildman–Crippen LogP) is -1.06. The first-order chi connectivity index (χ1) is 27.6. The van der Waals surface area contributed by atoms with Crippen molar-refractivity contribution in [3.8, 4) is 0 Å². The van der Waals surface area contributed by atoms with Crippen molar-refractivity contribution in [3.63, 3.8) is 0 Å². The Morgan fingerprint density at radius 3 is 1.77 bits per heavy atom. The Morgan fingerprint density at radius 2 is 1.32 bits per heavy atom. The summed E-state index contributed by atoms with van der Waals surface area (Å²) in [7, 11) is 0. The van der Waals surface area contributed by atoms with Gasteiger partial charge in [0.1, 0.15) is 23.0 Å². The summed E-state index contributed by atoms with van der Waals surface area (Å²) in [5.74, 6) is -2.16. The SMILES string of the molecule is CC(C)C(=O)Nc1nc2c(nnn2[C@@H]2S[C@H](CO)C(F)[C@@H]2O)c(=O)[nH]1.CC[C@H]1S[C@@H](n2nnc3c(=O)[nH]c(NC(=O)C(C)C)nc32)[C@@H](OC(=O)c2ccccc2)C1F.[Na+].[OH-]. The number of carbonyl (C=O) groups is 3. The zero-order chi connectivity index (χ0) is 42.0. The second-order valence-electron chi connectivity index (χ2n) is 13.9. The van der Waals surface area contributed by atoms with Gasteiger partial charge in [0.2, 0.25) is 23.7 Å². The van der Waals surface area contributed by atoms with Crippen LogP contribution in [0.1, 0.15) is 62.1 Å². The fourth-order valence-corrected chi connectivity index (χ4v) is 8.63. The van der Waals surface area contributed by atoms with E-state index in [1.54, 1.807) is 58.0 Å². The number of carbonyl (C=O) groups excluding carboxylic acids is 3. The number of benzene rings is 1. The van der Waals surface area contributed by atoms with E-state index in [2.05, 4.69) is 51.2 Å². The van der Waals surface area contributed by atoms with Gasteiger partial charge in [-0.3, -0.25) is 39.8 Å². The van der Waals surface area contributed by atoms with E-state index in [1.807, 2.05) is 6.92 Å². The number of aromatic nitrogens is 10. The van der Waals surface area contributed by atoms with Crippen molar-refractivity contribution in [2.45, 2.75) is 86.8 Å².